The lowest BCUT2D eigenvalue weighted by Gasteiger charge is -2.38. The van der Waals surface area contributed by atoms with Crippen molar-refractivity contribution in [1.82, 2.24) is 0 Å². The number of hydrogen-bond acceptors (Lipinski definition) is 1. The van der Waals surface area contributed by atoms with Gasteiger partial charge in [-0.05, 0) is 24.7 Å². The minimum absolute atomic E-state index is 0.0301. The summed E-state index contributed by atoms with van der Waals surface area (Å²) in [5, 5.41) is 0. The molecule has 0 aromatic heterocycles. The Kier molecular flexibility index (Phi) is 2.36. The van der Waals surface area contributed by atoms with Gasteiger partial charge in [0.15, 0.2) is 0 Å². The summed E-state index contributed by atoms with van der Waals surface area (Å²) in [6, 6.07) is 0. The van der Waals surface area contributed by atoms with E-state index in [1.807, 2.05) is 0 Å². The fourth-order valence-electron chi connectivity index (χ4n) is 2.08. The smallest absolute Gasteiger partial charge is 0.126 e. The molecular formula is C10H18O. The van der Waals surface area contributed by atoms with Gasteiger partial charge >= 0.3 is 0 Å². The van der Waals surface area contributed by atoms with Crippen molar-refractivity contribution < 1.29 is 4.79 Å². The third-order valence-electron chi connectivity index (χ3n) is 3.28. The topological polar surface area (TPSA) is 17.1 Å². The normalized spacial score (nSPS) is 45.4. The Labute approximate surface area is 69.2 Å². The highest BCUT2D eigenvalue weighted by atomic mass is 16.1. The zero-order valence-corrected chi connectivity index (χ0v) is 7.76. The molecule has 3 atom stereocenters. The summed E-state index contributed by atoms with van der Waals surface area (Å²) in [5.41, 5.74) is -0.0301. The molecule has 1 heteroatoms. The molecule has 1 rings (SSSR count). The van der Waals surface area contributed by atoms with E-state index in [2.05, 4.69) is 20.8 Å². The number of rotatable bonds is 1. The van der Waals surface area contributed by atoms with Crippen molar-refractivity contribution in [2.45, 2.75) is 40.0 Å². The molecule has 0 radical (unpaired) electrons. The molecule has 0 bridgehead atoms. The molecule has 0 N–H and O–H groups in total. The van der Waals surface area contributed by atoms with Gasteiger partial charge in [-0.25, -0.2) is 0 Å². The van der Waals surface area contributed by atoms with Crippen LogP contribution in [0.15, 0.2) is 0 Å². The highest BCUT2D eigenvalue weighted by Crippen LogP contribution is 2.41. The molecule has 1 saturated carbocycles. The van der Waals surface area contributed by atoms with E-state index in [0.29, 0.717) is 5.92 Å². The van der Waals surface area contributed by atoms with E-state index in [1.165, 1.54) is 12.8 Å². The summed E-state index contributed by atoms with van der Waals surface area (Å²) in [6.07, 6.45) is 4.76. The first-order chi connectivity index (χ1) is 5.08. The summed E-state index contributed by atoms with van der Waals surface area (Å²) < 4.78 is 0. The molecule has 1 aliphatic rings. The number of carbonyl (C=O) groups is 1. The fourth-order valence-corrected chi connectivity index (χ4v) is 2.08. The highest BCUT2D eigenvalue weighted by Gasteiger charge is 2.35. The van der Waals surface area contributed by atoms with Crippen LogP contribution in [0, 0.1) is 17.3 Å². The number of hydrogen-bond donors (Lipinski definition) is 0. The van der Waals surface area contributed by atoms with Gasteiger partial charge in [-0.2, -0.15) is 0 Å². The van der Waals surface area contributed by atoms with Gasteiger partial charge in [0, 0.05) is 5.41 Å². The summed E-state index contributed by atoms with van der Waals surface area (Å²) in [7, 11) is 0. The predicted octanol–water partition coefficient (Wildman–Crippen LogP) is 2.65. The minimum Gasteiger partial charge on any atom is -0.303 e. The molecule has 0 aromatic rings. The van der Waals surface area contributed by atoms with Gasteiger partial charge in [-0.1, -0.05) is 27.2 Å². The molecule has 64 valence electrons. The second kappa shape index (κ2) is 2.96. The van der Waals surface area contributed by atoms with E-state index in [1.54, 1.807) is 0 Å². The zero-order valence-electron chi connectivity index (χ0n) is 7.76. The van der Waals surface area contributed by atoms with Crippen LogP contribution in [0.3, 0.4) is 0 Å². The van der Waals surface area contributed by atoms with E-state index in [0.717, 1.165) is 18.6 Å². The van der Waals surface area contributed by atoms with Crippen molar-refractivity contribution in [3.8, 4) is 0 Å². The van der Waals surface area contributed by atoms with Crippen LogP contribution < -0.4 is 0 Å². The average molecular weight is 154 g/mol. The molecule has 0 spiro atoms. The molecule has 1 unspecified atom stereocenters. The van der Waals surface area contributed by atoms with E-state index in [-0.39, 0.29) is 5.41 Å². The van der Waals surface area contributed by atoms with Crippen molar-refractivity contribution in [1.29, 1.82) is 0 Å². The molecule has 1 fully saturated rings. The van der Waals surface area contributed by atoms with Crippen LogP contribution in [0.5, 0.6) is 0 Å². The molecular weight excluding hydrogens is 136 g/mol. The zero-order chi connectivity index (χ0) is 8.48. The van der Waals surface area contributed by atoms with Gasteiger partial charge in [0.1, 0.15) is 6.29 Å². The lowest BCUT2D eigenvalue weighted by atomic mass is 9.66. The molecule has 0 amide bonds. The molecule has 0 aliphatic heterocycles. The Morgan fingerprint density at radius 3 is 2.45 bits per heavy atom. The van der Waals surface area contributed by atoms with Crippen molar-refractivity contribution >= 4 is 6.29 Å². The average Bonchev–Trinajstić information content (AvgIpc) is 1.98. The quantitative estimate of drug-likeness (QED) is 0.531. The maximum Gasteiger partial charge on any atom is 0.126 e. The first-order valence-electron chi connectivity index (χ1n) is 4.55. The molecule has 0 heterocycles. The van der Waals surface area contributed by atoms with E-state index in [9.17, 15) is 4.79 Å². The Morgan fingerprint density at radius 2 is 2.00 bits per heavy atom. The van der Waals surface area contributed by atoms with Gasteiger partial charge in [-0.15, -0.1) is 0 Å². The van der Waals surface area contributed by atoms with Crippen LogP contribution in [-0.4, -0.2) is 6.29 Å². The van der Waals surface area contributed by atoms with E-state index >= 15 is 0 Å². The van der Waals surface area contributed by atoms with E-state index in [4.69, 9.17) is 0 Å². The second-order valence-corrected chi connectivity index (χ2v) is 4.41. The van der Waals surface area contributed by atoms with Crippen LogP contribution in [0.25, 0.3) is 0 Å². The summed E-state index contributed by atoms with van der Waals surface area (Å²) in [4.78, 5) is 10.8. The lowest BCUT2D eigenvalue weighted by Crippen LogP contribution is -2.33. The maximum atomic E-state index is 10.8. The van der Waals surface area contributed by atoms with Gasteiger partial charge in [0.25, 0.3) is 0 Å². The first kappa shape index (κ1) is 8.76. The summed E-state index contributed by atoms with van der Waals surface area (Å²) in [5.74, 6) is 1.32. The van der Waals surface area contributed by atoms with Gasteiger partial charge in [0.2, 0.25) is 0 Å². The van der Waals surface area contributed by atoms with Crippen LogP contribution >= 0.6 is 0 Å². The van der Waals surface area contributed by atoms with Crippen LogP contribution in [0.2, 0.25) is 0 Å². The van der Waals surface area contributed by atoms with Crippen LogP contribution in [0.1, 0.15) is 40.0 Å². The number of carbonyl (C=O) groups excluding carboxylic acids is 1. The van der Waals surface area contributed by atoms with Gasteiger partial charge in [-0.3, -0.25) is 0 Å². The van der Waals surface area contributed by atoms with Crippen molar-refractivity contribution in [2.75, 3.05) is 0 Å². The van der Waals surface area contributed by atoms with Crippen molar-refractivity contribution in [2.24, 2.45) is 17.3 Å². The van der Waals surface area contributed by atoms with E-state index < -0.39 is 0 Å². The third-order valence-corrected chi connectivity index (χ3v) is 3.28. The minimum atomic E-state index is -0.0301. The highest BCUT2D eigenvalue weighted by molar-refractivity contribution is 5.59. The Balaban J connectivity index is 2.67. The van der Waals surface area contributed by atoms with Crippen molar-refractivity contribution in [3.05, 3.63) is 0 Å². The van der Waals surface area contributed by atoms with Crippen LogP contribution in [-0.2, 0) is 4.79 Å². The molecule has 1 nitrogen and oxygen atoms in total. The standard InChI is InChI=1S/C10H18O/c1-8-4-5-9(2)10(3,6-8)7-11/h7-9H,4-6H2,1-3H3/t8-,9-,10?/m0/s1. The largest absolute Gasteiger partial charge is 0.303 e. The predicted molar refractivity (Wildman–Crippen MR) is 46.4 cm³/mol. The Morgan fingerprint density at radius 1 is 1.36 bits per heavy atom. The molecule has 0 aromatic carbocycles. The van der Waals surface area contributed by atoms with Crippen LogP contribution in [0.4, 0.5) is 0 Å². The number of aldehydes is 1. The first-order valence-corrected chi connectivity index (χ1v) is 4.55. The summed E-state index contributed by atoms with van der Waals surface area (Å²) >= 11 is 0. The molecule has 0 saturated heterocycles. The monoisotopic (exact) mass is 154 g/mol. The Hall–Kier alpha value is -0.330. The SMILES string of the molecule is C[C@H]1CC[C@H](C)C(C)(C=O)C1. The van der Waals surface area contributed by atoms with Crippen molar-refractivity contribution in [3.63, 3.8) is 0 Å². The summed E-state index contributed by atoms with van der Waals surface area (Å²) in [6.45, 7) is 6.54. The Bertz CT molecular complexity index is 153. The molecule has 1 aliphatic carbocycles. The maximum absolute atomic E-state index is 10.8. The second-order valence-electron chi connectivity index (χ2n) is 4.41. The van der Waals surface area contributed by atoms with Gasteiger partial charge in [0.05, 0.1) is 0 Å². The third kappa shape index (κ3) is 1.63. The molecule has 11 heavy (non-hydrogen) atoms. The fraction of sp³-hybridized carbons (Fsp3) is 0.900. The lowest BCUT2D eigenvalue weighted by molar-refractivity contribution is -0.120. The van der Waals surface area contributed by atoms with Gasteiger partial charge < -0.3 is 4.79 Å².